The molecular weight excluding hydrogens is 340 g/mol. The van der Waals surface area contributed by atoms with Gasteiger partial charge in [-0.25, -0.2) is 0 Å². The molecule has 0 spiro atoms. The van der Waals surface area contributed by atoms with E-state index in [9.17, 15) is 10.1 Å². The molecule has 138 valence electrons. The van der Waals surface area contributed by atoms with Crippen LogP contribution in [-0.2, 0) is 17.6 Å². The summed E-state index contributed by atoms with van der Waals surface area (Å²) >= 11 is 1.66. The van der Waals surface area contributed by atoms with Crippen LogP contribution in [0.5, 0.6) is 0 Å². The predicted octanol–water partition coefficient (Wildman–Crippen LogP) is 5.29. The Labute approximate surface area is 160 Å². The summed E-state index contributed by atoms with van der Waals surface area (Å²) in [6.45, 7) is 2.28. The number of nitriles is 1. The van der Waals surface area contributed by atoms with Gasteiger partial charge in [0, 0.05) is 11.3 Å². The van der Waals surface area contributed by atoms with E-state index in [0.29, 0.717) is 12.3 Å². The molecule has 26 heavy (non-hydrogen) atoms. The quantitative estimate of drug-likeness (QED) is 0.788. The highest BCUT2D eigenvalue weighted by atomic mass is 32.1. The standard InChI is InChI=1S/C22H28N2OS/c1-13-2-3-17-18(12-23)21(26-19(17)4-13)24-20(25)11-22-8-14-5-15(9-22)7-16(6-14)10-22/h13-16H,2-11H2,1H3,(H,24,25). The molecule has 4 saturated carbocycles. The Morgan fingerprint density at radius 3 is 2.50 bits per heavy atom. The maximum Gasteiger partial charge on any atom is 0.225 e. The van der Waals surface area contributed by atoms with Crippen LogP contribution in [0.15, 0.2) is 0 Å². The zero-order valence-electron chi connectivity index (χ0n) is 15.6. The summed E-state index contributed by atoms with van der Waals surface area (Å²) in [6, 6.07) is 2.38. The number of amides is 1. The first-order valence-corrected chi connectivity index (χ1v) is 11.2. The Morgan fingerprint density at radius 1 is 1.23 bits per heavy atom. The Morgan fingerprint density at radius 2 is 1.88 bits per heavy atom. The molecule has 0 saturated heterocycles. The van der Waals surface area contributed by atoms with Crippen molar-refractivity contribution in [3.63, 3.8) is 0 Å². The van der Waals surface area contributed by atoms with Gasteiger partial charge in [-0.15, -0.1) is 11.3 Å². The van der Waals surface area contributed by atoms with Crippen LogP contribution < -0.4 is 5.32 Å². The molecule has 1 unspecified atom stereocenters. The Hall–Kier alpha value is -1.34. The molecule has 1 aromatic heterocycles. The molecule has 4 bridgehead atoms. The van der Waals surface area contributed by atoms with Crippen molar-refractivity contribution < 1.29 is 4.79 Å². The number of carbonyl (C=O) groups excluding carboxylic acids is 1. The molecule has 5 aliphatic rings. The number of rotatable bonds is 3. The van der Waals surface area contributed by atoms with Gasteiger partial charge in [-0.3, -0.25) is 4.79 Å². The predicted molar refractivity (Wildman–Crippen MR) is 104 cm³/mol. The molecule has 1 amide bonds. The van der Waals surface area contributed by atoms with Gasteiger partial charge in [0.15, 0.2) is 0 Å². The van der Waals surface area contributed by atoms with Crippen molar-refractivity contribution >= 4 is 22.2 Å². The second-order valence-corrected chi connectivity index (χ2v) is 10.9. The van der Waals surface area contributed by atoms with Gasteiger partial charge in [-0.1, -0.05) is 6.92 Å². The van der Waals surface area contributed by atoms with Crippen LogP contribution in [0.3, 0.4) is 0 Å². The molecule has 0 aliphatic heterocycles. The molecule has 0 radical (unpaired) electrons. The molecule has 5 aliphatic carbocycles. The third-order valence-corrected chi connectivity index (χ3v) is 8.75. The summed E-state index contributed by atoms with van der Waals surface area (Å²) in [5.74, 6) is 3.45. The highest BCUT2D eigenvalue weighted by Gasteiger charge is 2.51. The summed E-state index contributed by atoms with van der Waals surface area (Å²) in [4.78, 5) is 14.3. The van der Waals surface area contributed by atoms with Crippen LogP contribution in [0.1, 0.15) is 74.3 Å². The molecule has 1 N–H and O–H groups in total. The molecule has 4 heteroatoms. The van der Waals surface area contributed by atoms with Gasteiger partial charge >= 0.3 is 0 Å². The van der Waals surface area contributed by atoms with E-state index < -0.39 is 0 Å². The first-order valence-electron chi connectivity index (χ1n) is 10.4. The lowest BCUT2D eigenvalue weighted by molar-refractivity contribution is -0.124. The highest BCUT2D eigenvalue weighted by Crippen LogP contribution is 2.61. The van der Waals surface area contributed by atoms with Crippen molar-refractivity contribution in [3.8, 4) is 6.07 Å². The summed E-state index contributed by atoms with van der Waals surface area (Å²) < 4.78 is 0. The van der Waals surface area contributed by atoms with Gasteiger partial charge in [-0.2, -0.15) is 5.26 Å². The zero-order chi connectivity index (χ0) is 17.9. The molecule has 1 heterocycles. The first kappa shape index (κ1) is 16.8. The molecular formula is C22H28N2OS. The highest BCUT2D eigenvalue weighted by molar-refractivity contribution is 7.16. The largest absolute Gasteiger partial charge is 0.317 e. The normalized spacial score (nSPS) is 37.2. The smallest absolute Gasteiger partial charge is 0.225 e. The number of nitrogens with one attached hydrogen (secondary N) is 1. The number of fused-ring (bicyclic) bond motifs is 1. The number of carbonyl (C=O) groups is 1. The molecule has 1 aromatic rings. The Balaban J connectivity index is 1.33. The average molecular weight is 369 g/mol. The lowest BCUT2D eigenvalue weighted by atomic mass is 9.49. The zero-order valence-corrected chi connectivity index (χ0v) is 16.5. The van der Waals surface area contributed by atoms with E-state index in [0.717, 1.165) is 47.6 Å². The van der Waals surface area contributed by atoms with Crippen LogP contribution in [0.25, 0.3) is 0 Å². The second kappa shape index (κ2) is 6.09. The van der Waals surface area contributed by atoms with Gasteiger partial charge in [0.25, 0.3) is 0 Å². The molecule has 3 nitrogen and oxygen atoms in total. The lowest BCUT2D eigenvalue weighted by Crippen LogP contribution is -2.47. The first-order chi connectivity index (χ1) is 12.5. The summed E-state index contributed by atoms with van der Waals surface area (Å²) in [7, 11) is 0. The lowest BCUT2D eigenvalue weighted by Gasteiger charge is -2.56. The maximum atomic E-state index is 12.9. The Kier molecular flexibility index (Phi) is 3.94. The third-order valence-electron chi connectivity index (χ3n) is 7.58. The fraction of sp³-hybridized carbons (Fsp3) is 0.727. The van der Waals surface area contributed by atoms with E-state index in [4.69, 9.17) is 0 Å². The van der Waals surface area contributed by atoms with E-state index in [1.54, 1.807) is 11.3 Å². The number of anilines is 1. The molecule has 1 atom stereocenters. The average Bonchev–Trinajstić information content (AvgIpc) is 2.88. The van der Waals surface area contributed by atoms with Crippen LogP contribution in [0.2, 0.25) is 0 Å². The summed E-state index contributed by atoms with van der Waals surface area (Å²) in [5.41, 5.74) is 2.22. The van der Waals surface area contributed by atoms with Crippen molar-refractivity contribution in [1.29, 1.82) is 5.26 Å². The number of hydrogen-bond donors (Lipinski definition) is 1. The number of thiophene rings is 1. The van der Waals surface area contributed by atoms with Gasteiger partial charge in [0.1, 0.15) is 11.1 Å². The van der Waals surface area contributed by atoms with Crippen molar-refractivity contribution in [1.82, 2.24) is 0 Å². The minimum Gasteiger partial charge on any atom is -0.317 e. The fourth-order valence-electron chi connectivity index (χ4n) is 6.98. The van der Waals surface area contributed by atoms with E-state index in [1.165, 1.54) is 49.0 Å². The topological polar surface area (TPSA) is 52.9 Å². The van der Waals surface area contributed by atoms with Crippen LogP contribution in [0, 0.1) is 40.4 Å². The SMILES string of the molecule is CC1CCc2c(sc(NC(=O)CC34CC5CC(CC(C5)C3)C4)c2C#N)C1. The van der Waals surface area contributed by atoms with Gasteiger partial charge < -0.3 is 5.32 Å². The molecule has 0 aromatic carbocycles. The van der Waals surface area contributed by atoms with Crippen molar-refractivity contribution in [2.24, 2.45) is 29.1 Å². The van der Waals surface area contributed by atoms with Gasteiger partial charge in [0.2, 0.25) is 5.91 Å². The summed E-state index contributed by atoms with van der Waals surface area (Å²) in [6.07, 6.45) is 11.9. The van der Waals surface area contributed by atoms with Crippen molar-refractivity contribution in [3.05, 3.63) is 16.0 Å². The van der Waals surface area contributed by atoms with Gasteiger partial charge in [0.05, 0.1) is 5.56 Å². The van der Waals surface area contributed by atoms with Crippen LogP contribution in [-0.4, -0.2) is 5.91 Å². The molecule has 4 fully saturated rings. The van der Waals surface area contributed by atoms with Crippen LogP contribution in [0.4, 0.5) is 5.00 Å². The number of hydrogen-bond acceptors (Lipinski definition) is 3. The minimum atomic E-state index is 0.148. The second-order valence-electron chi connectivity index (χ2n) is 9.81. The van der Waals surface area contributed by atoms with E-state index in [2.05, 4.69) is 18.3 Å². The summed E-state index contributed by atoms with van der Waals surface area (Å²) in [5, 5.41) is 13.6. The van der Waals surface area contributed by atoms with Crippen molar-refractivity contribution in [2.75, 3.05) is 5.32 Å². The number of nitrogens with zero attached hydrogens (tertiary/aromatic N) is 1. The van der Waals surface area contributed by atoms with E-state index in [-0.39, 0.29) is 11.3 Å². The minimum absolute atomic E-state index is 0.148. The van der Waals surface area contributed by atoms with Gasteiger partial charge in [-0.05, 0) is 92.4 Å². The fourth-order valence-corrected chi connectivity index (χ4v) is 8.35. The third kappa shape index (κ3) is 2.80. The maximum absolute atomic E-state index is 12.9. The van der Waals surface area contributed by atoms with E-state index >= 15 is 0 Å². The van der Waals surface area contributed by atoms with Crippen molar-refractivity contribution in [2.45, 2.75) is 71.1 Å². The Bertz CT molecular complexity index is 752. The van der Waals surface area contributed by atoms with Crippen LogP contribution >= 0.6 is 11.3 Å². The van der Waals surface area contributed by atoms with E-state index in [1.807, 2.05) is 0 Å². The monoisotopic (exact) mass is 368 g/mol. The molecule has 6 rings (SSSR count).